The lowest BCUT2D eigenvalue weighted by atomic mass is 10.0. The summed E-state index contributed by atoms with van der Waals surface area (Å²) in [6.45, 7) is 9.42. The van der Waals surface area contributed by atoms with Gasteiger partial charge in [0.05, 0.1) is 0 Å². The first-order chi connectivity index (χ1) is 9.76. The molecule has 3 nitrogen and oxygen atoms in total. The van der Waals surface area contributed by atoms with Crippen LogP contribution in [0.15, 0.2) is 24.3 Å². The number of hydrogen-bond acceptors (Lipinski definition) is 2. The molecule has 1 saturated carbocycles. The van der Waals surface area contributed by atoms with Crippen molar-refractivity contribution in [1.29, 1.82) is 0 Å². The van der Waals surface area contributed by atoms with Crippen molar-refractivity contribution in [2.24, 2.45) is 16.7 Å². The number of benzene rings is 1. The molecule has 0 aromatic heterocycles. The molecular weight excluding hydrogens is 262 g/mol. The lowest BCUT2D eigenvalue weighted by molar-refractivity contribution is -0.117. The third-order valence-electron chi connectivity index (χ3n) is 5.82. The second-order valence-electron chi connectivity index (χ2n) is 7.44. The van der Waals surface area contributed by atoms with Crippen LogP contribution in [0.5, 0.6) is 0 Å². The van der Waals surface area contributed by atoms with E-state index in [0.29, 0.717) is 6.42 Å². The summed E-state index contributed by atoms with van der Waals surface area (Å²) in [4.78, 5) is 26.2. The fourth-order valence-electron chi connectivity index (χ4n) is 3.75. The number of nitrogens with zero attached hydrogens (tertiary/aromatic N) is 1. The van der Waals surface area contributed by atoms with Crippen LogP contribution in [-0.4, -0.2) is 18.2 Å². The van der Waals surface area contributed by atoms with Crippen LogP contribution in [0.4, 0.5) is 5.69 Å². The Hall–Kier alpha value is -1.64. The number of carbonyl (C=O) groups excluding carboxylic acids is 2. The van der Waals surface area contributed by atoms with E-state index < -0.39 is 0 Å². The lowest BCUT2D eigenvalue weighted by Crippen LogP contribution is -2.23. The zero-order valence-corrected chi connectivity index (χ0v) is 13.3. The summed E-state index contributed by atoms with van der Waals surface area (Å²) in [7, 11) is 0. The van der Waals surface area contributed by atoms with Crippen molar-refractivity contribution in [1.82, 2.24) is 0 Å². The molecule has 21 heavy (non-hydrogen) atoms. The van der Waals surface area contributed by atoms with Gasteiger partial charge in [-0.05, 0) is 41.5 Å². The van der Waals surface area contributed by atoms with Crippen LogP contribution < -0.4 is 4.90 Å². The number of carbonyl (C=O) groups is 2. The summed E-state index contributed by atoms with van der Waals surface area (Å²) >= 11 is 0. The first-order valence-corrected chi connectivity index (χ1v) is 7.71. The predicted octanol–water partition coefficient (Wildman–Crippen LogP) is 3.68. The molecule has 2 aliphatic rings. The highest BCUT2D eigenvalue weighted by Gasteiger charge is 2.67. The summed E-state index contributed by atoms with van der Waals surface area (Å²) in [6, 6.07) is 7.54. The Labute approximate surface area is 126 Å². The van der Waals surface area contributed by atoms with Crippen LogP contribution >= 0.6 is 0 Å². The standard InChI is InChI=1S/C18H23NO2/c1-17(2)16(18(17,3)4)15(21)12-7-9-13(10-8-12)19-11-5-6-14(19)20/h7-10,16H,5-6,11H2,1-4H3. The van der Waals surface area contributed by atoms with E-state index in [1.165, 1.54) is 0 Å². The minimum Gasteiger partial charge on any atom is -0.312 e. The normalized spacial score (nSPS) is 23.4. The van der Waals surface area contributed by atoms with Crippen LogP contribution in [-0.2, 0) is 4.79 Å². The van der Waals surface area contributed by atoms with E-state index in [9.17, 15) is 9.59 Å². The van der Waals surface area contributed by atoms with Gasteiger partial charge >= 0.3 is 0 Å². The first kappa shape index (κ1) is 14.3. The molecule has 0 bridgehead atoms. The van der Waals surface area contributed by atoms with E-state index >= 15 is 0 Å². The second-order valence-corrected chi connectivity index (χ2v) is 7.44. The van der Waals surface area contributed by atoms with Crippen LogP contribution in [0, 0.1) is 16.7 Å². The molecule has 1 aromatic carbocycles. The van der Waals surface area contributed by atoms with Gasteiger partial charge in [-0.15, -0.1) is 0 Å². The minimum atomic E-state index is 0.0632. The number of anilines is 1. The van der Waals surface area contributed by atoms with E-state index in [4.69, 9.17) is 0 Å². The van der Waals surface area contributed by atoms with E-state index in [1.54, 1.807) is 4.90 Å². The average Bonchev–Trinajstić information content (AvgIpc) is 2.74. The second kappa shape index (κ2) is 4.43. The van der Waals surface area contributed by atoms with Crippen molar-refractivity contribution in [2.75, 3.05) is 11.4 Å². The maximum Gasteiger partial charge on any atom is 0.227 e. The van der Waals surface area contributed by atoms with E-state index in [2.05, 4.69) is 27.7 Å². The third-order valence-corrected chi connectivity index (χ3v) is 5.82. The van der Waals surface area contributed by atoms with Crippen molar-refractivity contribution in [3.05, 3.63) is 29.8 Å². The monoisotopic (exact) mass is 285 g/mol. The molecular formula is C18H23NO2. The molecule has 3 rings (SSSR count). The molecule has 1 saturated heterocycles. The van der Waals surface area contributed by atoms with Crippen LogP contribution in [0.2, 0.25) is 0 Å². The topological polar surface area (TPSA) is 37.4 Å². The van der Waals surface area contributed by atoms with Gasteiger partial charge in [0.15, 0.2) is 5.78 Å². The SMILES string of the molecule is CC1(C)C(C(=O)c2ccc(N3CCCC3=O)cc2)C1(C)C. The highest BCUT2D eigenvalue weighted by Crippen LogP contribution is 2.69. The van der Waals surface area contributed by atoms with Crippen molar-refractivity contribution < 1.29 is 9.59 Å². The van der Waals surface area contributed by atoms with Crippen molar-refractivity contribution in [3.8, 4) is 0 Å². The molecule has 1 aliphatic carbocycles. The summed E-state index contributed by atoms with van der Waals surface area (Å²) in [5, 5.41) is 0. The first-order valence-electron chi connectivity index (χ1n) is 7.71. The van der Waals surface area contributed by atoms with Crippen LogP contribution in [0.3, 0.4) is 0 Å². The van der Waals surface area contributed by atoms with E-state index in [-0.39, 0.29) is 28.4 Å². The van der Waals surface area contributed by atoms with Crippen molar-refractivity contribution in [2.45, 2.75) is 40.5 Å². The van der Waals surface area contributed by atoms with Crippen molar-refractivity contribution >= 4 is 17.4 Å². The Bertz CT molecular complexity index is 584. The molecule has 1 heterocycles. The van der Waals surface area contributed by atoms with Gasteiger partial charge in [0.25, 0.3) is 0 Å². The molecule has 0 atom stereocenters. The number of ketones is 1. The number of amides is 1. The van der Waals surface area contributed by atoms with Gasteiger partial charge in [-0.25, -0.2) is 0 Å². The lowest BCUT2D eigenvalue weighted by Gasteiger charge is -2.15. The van der Waals surface area contributed by atoms with Gasteiger partial charge in [-0.3, -0.25) is 9.59 Å². The zero-order valence-electron chi connectivity index (χ0n) is 13.3. The van der Waals surface area contributed by atoms with Gasteiger partial charge in [0.2, 0.25) is 5.91 Å². The summed E-state index contributed by atoms with van der Waals surface area (Å²) < 4.78 is 0. The maximum atomic E-state index is 12.7. The van der Waals surface area contributed by atoms with Crippen molar-refractivity contribution in [3.63, 3.8) is 0 Å². The highest BCUT2D eigenvalue weighted by molar-refractivity contribution is 6.02. The fraction of sp³-hybridized carbons (Fsp3) is 0.556. The maximum absolute atomic E-state index is 12.7. The van der Waals surface area contributed by atoms with Crippen LogP contribution in [0.25, 0.3) is 0 Å². The smallest absolute Gasteiger partial charge is 0.227 e. The van der Waals surface area contributed by atoms with Gasteiger partial charge in [-0.2, -0.15) is 0 Å². The Balaban J connectivity index is 1.79. The summed E-state index contributed by atoms with van der Waals surface area (Å²) in [5.74, 6) is 0.493. The van der Waals surface area contributed by atoms with Crippen LogP contribution in [0.1, 0.15) is 50.9 Å². The Morgan fingerprint density at radius 1 is 1.10 bits per heavy atom. The molecule has 0 N–H and O–H groups in total. The third kappa shape index (κ3) is 2.02. The number of rotatable bonds is 3. The molecule has 112 valence electrons. The van der Waals surface area contributed by atoms with Gasteiger partial charge in [0.1, 0.15) is 0 Å². The van der Waals surface area contributed by atoms with Gasteiger partial charge in [-0.1, -0.05) is 27.7 Å². The zero-order chi connectivity index (χ0) is 15.4. The molecule has 0 spiro atoms. The Morgan fingerprint density at radius 3 is 2.10 bits per heavy atom. The molecule has 1 amide bonds. The highest BCUT2D eigenvalue weighted by atomic mass is 16.2. The summed E-state index contributed by atoms with van der Waals surface area (Å²) in [5.41, 5.74) is 1.79. The molecule has 0 radical (unpaired) electrons. The fourth-order valence-corrected chi connectivity index (χ4v) is 3.75. The molecule has 3 heteroatoms. The number of Topliss-reactive ketones (excluding diaryl/α,β-unsaturated/α-hetero) is 1. The Kier molecular flexibility index (Phi) is 3.01. The minimum absolute atomic E-state index is 0.0632. The molecule has 0 unspecified atom stereocenters. The largest absolute Gasteiger partial charge is 0.312 e. The van der Waals surface area contributed by atoms with Gasteiger partial charge in [0, 0.05) is 30.1 Å². The molecule has 2 fully saturated rings. The Morgan fingerprint density at radius 2 is 1.67 bits per heavy atom. The van der Waals surface area contributed by atoms with Gasteiger partial charge < -0.3 is 4.90 Å². The molecule has 1 aliphatic heterocycles. The molecule has 1 aromatic rings. The average molecular weight is 285 g/mol. The van der Waals surface area contributed by atoms with E-state index in [0.717, 1.165) is 24.2 Å². The number of hydrogen-bond donors (Lipinski definition) is 0. The quantitative estimate of drug-likeness (QED) is 0.794. The predicted molar refractivity (Wildman–Crippen MR) is 83.4 cm³/mol. The van der Waals surface area contributed by atoms with E-state index in [1.807, 2.05) is 24.3 Å². The summed E-state index contributed by atoms with van der Waals surface area (Å²) in [6.07, 6.45) is 1.55.